The molecule has 2 atom stereocenters. The molecular weight excluding hydrogens is 314 g/mol. The van der Waals surface area contributed by atoms with Crippen molar-refractivity contribution in [1.82, 2.24) is 4.90 Å². The number of methoxy groups -OCH3 is 3. The maximum absolute atomic E-state index is 5.55. The van der Waals surface area contributed by atoms with Gasteiger partial charge < -0.3 is 19.1 Å². The summed E-state index contributed by atoms with van der Waals surface area (Å²) in [4.78, 5) is 2.67. The Labute approximate surface area is 156 Å². The molecule has 0 aromatic rings. The molecule has 0 N–H and O–H groups in total. The second kappa shape index (κ2) is 13.1. The number of rotatable bonds is 14. The van der Waals surface area contributed by atoms with Crippen molar-refractivity contribution in [1.29, 1.82) is 0 Å². The van der Waals surface area contributed by atoms with E-state index in [4.69, 9.17) is 14.2 Å². The van der Waals surface area contributed by atoms with Crippen molar-refractivity contribution in [2.24, 2.45) is 5.92 Å². The van der Waals surface area contributed by atoms with Crippen LogP contribution in [0.15, 0.2) is 0 Å². The monoisotopic (exact) mass is 357 g/mol. The van der Waals surface area contributed by atoms with Crippen LogP contribution in [0, 0.1) is 5.92 Å². The molecule has 25 heavy (non-hydrogen) atoms. The molecule has 1 heterocycles. The fraction of sp³-hybridized carbons (Fsp3) is 1.00. The minimum atomic E-state index is -0.881. The third-order valence-corrected chi connectivity index (χ3v) is 5.94. The third kappa shape index (κ3) is 8.38. The first-order valence-corrected chi connectivity index (χ1v) is 10.5. The van der Waals surface area contributed by atoms with E-state index in [0.29, 0.717) is 5.92 Å². The number of ether oxygens (including phenoxy) is 3. The molecule has 0 bridgehead atoms. The van der Waals surface area contributed by atoms with Gasteiger partial charge in [-0.3, -0.25) is 0 Å². The van der Waals surface area contributed by atoms with Crippen LogP contribution in [0.3, 0.4) is 0 Å². The summed E-state index contributed by atoms with van der Waals surface area (Å²) in [5.41, 5.74) is 0. The van der Waals surface area contributed by atoms with Crippen LogP contribution < -0.4 is 0 Å². The largest absolute Gasteiger partial charge is 0.331 e. The lowest BCUT2D eigenvalue weighted by Gasteiger charge is -2.35. The first-order chi connectivity index (χ1) is 12.1. The topological polar surface area (TPSA) is 30.9 Å². The summed E-state index contributed by atoms with van der Waals surface area (Å²) in [7, 11) is 5.03. The van der Waals surface area contributed by atoms with E-state index in [1.807, 2.05) is 0 Å². The number of piperidine rings is 1. The fourth-order valence-corrected chi connectivity index (χ4v) is 4.13. The predicted octanol–water partition coefficient (Wildman–Crippen LogP) is 5.21. The van der Waals surface area contributed by atoms with Crippen LogP contribution in [0.1, 0.15) is 84.5 Å². The van der Waals surface area contributed by atoms with Gasteiger partial charge in [-0.1, -0.05) is 45.4 Å². The molecule has 0 radical (unpaired) electrons. The lowest BCUT2D eigenvalue weighted by atomic mass is 9.91. The number of nitrogens with zero attached hydrogens (tertiary/aromatic N) is 1. The van der Waals surface area contributed by atoms with Gasteiger partial charge in [-0.25, -0.2) is 0 Å². The molecule has 4 heteroatoms. The van der Waals surface area contributed by atoms with Gasteiger partial charge in [-0.15, -0.1) is 0 Å². The SMILES string of the molecule is CCCCCCC(CCCN1CCCCC1C)CC(OC)(OC)OC. The Balaban J connectivity index is 2.48. The number of hydrogen-bond donors (Lipinski definition) is 0. The molecule has 0 aliphatic carbocycles. The van der Waals surface area contributed by atoms with Gasteiger partial charge in [-0.05, 0) is 51.6 Å². The Kier molecular flexibility index (Phi) is 12.0. The molecule has 0 spiro atoms. The van der Waals surface area contributed by atoms with E-state index < -0.39 is 5.97 Å². The Morgan fingerprint density at radius 3 is 2.24 bits per heavy atom. The van der Waals surface area contributed by atoms with E-state index in [1.165, 1.54) is 77.3 Å². The Hall–Kier alpha value is -0.160. The first-order valence-electron chi connectivity index (χ1n) is 10.5. The summed E-state index contributed by atoms with van der Waals surface area (Å²) >= 11 is 0. The predicted molar refractivity (Wildman–Crippen MR) is 105 cm³/mol. The molecule has 1 fully saturated rings. The highest BCUT2D eigenvalue weighted by Crippen LogP contribution is 2.30. The zero-order chi connectivity index (χ0) is 18.5. The molecule has 0 saturated carbocycles. The van der Waals surface area contributed by atoms with Gasteiger partial charge in [0.15, 0.2) is 0 Å². The highest BCUT2D eigenvalue weighted by atomic mass is 16.9. The normalized spacial score (nSPS) is 20.8. The zero-order valence-electron chi connectivity index (χ0n) is 17.5. The summed E-state index contributed by atoms with van der Waals surface area (Å²) in [5, 5.41) is 0. The Bertz CT molecular complexity index is 312. The first kappa shape index (κ1) is 22.9. The summed E-state index contributed by atoms with van der Waals surface area (Å²) < 4.78 is 16.7. The van der Waals surface area contributed by atoms with E-state index in [1.54, 1.807) is 21.3 Å². The molecule has 0 aromatic carbocycles. The second-order valence-corrected chi connectivity index (χ2v) is 7.74. The standard InChI is InChI=1S/C21H43NO3/c1-6-7-8-9-14-20(18-21(23-3,24-4)25-5)15-12-17-22-16-11-10-13-19(22)2/h19-20H,6-18H2,1-5H3. The number of hydrogen-bond acceptors (Lipinski definition) is 4. The van der Waals surface area contributed by atoms with Crippen LogP contribution in [0.2, 0.25) is 0 Å². The molecule has 150 valence electrons. The van der Waals surface area contributed by atoms with E-state index in [0.717, 1.165) is 12.5 Å². The van der Waals surface area contributed by atoms with Crippen LogP contribution in [-0.2, 0) is 14.2 Å². The molecule has 1 aliphatic heterocycles. The molecule has 4 nitrogen and oxygen atoms in total. The highest BCUT2D eigenvalue weighted by Gasteiger charge is 2.33. The van der Waals surface area contributed by atoms with E-state index in [2.05, 4.69) is 18.7 Å². The second-order valence-electron chi connectivity index (χ2n) is 7.74. The molecule has 0 amide bonds. The Morgan fingerprint density at radius 2 is 1.64 bits per heavy atom. The molecule has 0 aromatic heterocycles. The van der Waals surface area contributed by atoms with Gasteiger partial charge in [0.1, 0.15) is 0 Å². The minimum absolute atomic E-state index is 0.594. The van der Waals surface area contributed by atoms with Crippen molar-refractivity contribution < 1.29 is 14.2 Å². The molecule has 2 unspecified atom stereocenters. The van der Waals surface area contributed by atoms with E-state index in [-0.39, 0.29) is 0 Å². The van der Waals surface area contributed by atoms with E-state index >= 15 is 0 Å². The zero-order valence-corrected chi connectivity index (χ0v) is 17.5. The van der Waals surface area contributed by atoms with Crippen molar-refractivity contribution in [3.63, 3.8) is 0 Å². The molecule has 1 rings (SSSR count). The number of likely N-dealkylation sites (tertiary alicyclic amines) is 1. The van der Waals surface area contributed by atoms with Crippen LogP contribution in [0.4, 0.5) is 0 Å². The Morgan fingerprint density at radius 1 is 0.960 bits per heavy atom. The molecule has 1 aliphatic rings. The lowest BCUT2D eigenvalue weighted by molar-refractivity contribution is -0.359. The van der Waals surface area contributed by atoms with Gasteiger partial charge in [0.2, 0.25) is 0 Å². The van der Waals surface area contributed by atoms with Crippen LogP contribution in [0.5, 0.6) is 0 Å². The summed E-state index contributed by atoms with van der Waals surface area (Å²) in [6, 6.07) is 0.757. The summed E-state index contributed by atoms with van der Waals surface area (Å²) in [6.07, 6.45) is 13.9. The average Bonchev–Trinajstić information content (AvgIpc) is 2.64. The van der Waals surface area contributed by atoms with Crippen molar-refractivity contribution in [2.45, 2.75) is 96.5 Å². The van der Waals surface area contributed by atoms with Crippen LogP contribution in [0.25, 0.3) is 0 Å². The maximum atomic E-state index is 5.55. The summed E-state index contributed by atoms with van der Waals surface area (Å²) in [6.45, 7) is 7.16. The van der Waals surface area contributed by atoms with Crippen LogP contribution in [-0.4, -0.2) is 51.3 Å². The van der Waals surface area contributed by atoms with Gasteiger partial charge in [-0.2, -0.15) is 0 Å². The third-order valence-electron chi connectivity index (χ3n) is 5.94. The van der Waals surface area contributed by atoms with Crippen molar-refractivity contribution >= 4 is 0 Å². The van der Waals surface area contributed by atoms with Gasteiger partial charge in [0.25, 0.3) is 5.97 Å². The smallest absolute Gasteiger partial charge is 0.282 e. The van der Waals surface area contributed by atoms with Gasteiger partial charge >= 0.3 is 0 Å². The summed E-state index contributed by atoms with van der Waals surface area (Å²) in [5.74, 6) is -0.287. The van der Waals surface area contributed by atoms with Crippen molar-refractivity contribution in [3.05, 3.63) is 0 Å². The van der Waals surface area contributed by atoms with Crippen molar-refractivity contribution in [2.75, 3.05) is 34.4 Å². The maximum Gasteiger partial charge on any atom is 0.282 e. The highest BCUT2D eigenvalue weighted by molar-refractivity contribution is 4.74. The molecular formula is C21H43NO3. The van der Waals surface area contributed by atoms with Gasteiger partial charge in [0, 0.05) is 33.8 Å². The minimum Gasteiger partial charge on any atom is -0.331 e. The lowest BCUT2D eigenvalue weighted by Crippen LogP contribution is -2.39. The number of unbranched alkanes of at least 4 members (excludes halogenated alkanes) is 3. The average molecular weight is 358 g/mol. The van der Waals surface area contributed by atoms with Crippen molar-refractivity contribution in [3.8, 4) is 0 Å². The fourth-order valence-electron chi connectivity index (χ4n) is 4.13. The van der Waals surface area contributed by atoms with Gasteiger partial charge in [0.05, 0.1) is 0 Å². The van der Waals surface area contributed by atoms with E-state index in [9.17, 15) is 0 Å². The quantitative estimate of drug-likeness (QED) is 0.315. The molecule has 1 saturated heterocycles. The van der Waals surface area contributed by atoms with Crippen LogP contribution >= 0.6 is 0 Å².